The van der Waals surface area contributed by atoms with Crippen molar-refractivity contribution in [2.24, 2.45) is 7.05 Å². The lowest BCUT2D eigenvalue weighted by Gasteiger charge is -2.09. The number of fused-ring (bicyclic) bond motifs is 1. The monoisotopic (exact) mass is 290 g/mol. The van der Waals surface area contributed by atoms with Crippen LogP contribution in [-0.4, -0.2) is 25.6 Å². The summed E-state index contributed by atoms with van der Waals surface area (Å²) in [6.07, 6.45) is 2.07. The number of nitrogens with zero attached hydrogens (tertiary/aromatic N) is 3. The van der Waals surface area contributed by atoms with Gasteiger partial charge in [-0.05, 0) is 37.5 Å². The Morgan fingerprint density at radius 3 is 2.79 bits per heavy atom. The number of para-hydroxylation sites is 1. The predicted octanol–water partition coefficient (Wildman–Crippen LogP) is 3.45. The summed E-state index contributed by atoms with van der Waals surface area (Å²) < 4.78 is 4.62. The lowest BCUT2D eigenvalue weighted by atomic mass is 10.3. The number of H-pyrrole nitrogens is 1. The molecular weight excluding hydrogens is 276 g/mol. The van der Waals surface area contributed by atoms with Crippen LogP contribution < -0.4 is 0 Å². The van der Waals surface area contributed by atoms with E-state index >= 15 is 0 Å². The number of rotatable bonds is 2. The Kier molecular flexibility index (Phi) is 2.99. The van der Waals surface area contributed by atoms with Gasteiger partial charge >= 0.3 is 0 Å². The number of thioether (sulfide) groups is 1. The molecule has 0 saturated heterocycles. The second kappa shape index (κ2) is 4.54. The topological polar surface area (TPSA) is 38.5 Å². The fourth-order valence-corrected chi connectivity index (χ4v) is 3.22. The van der Waals surface area contributed by atoms with Crippen molar-refractivity contribution in [1.29, 1.82) is 0 Å². The third-order valence-electron chi connectivity index (χ3n) is 3.16. The number of hydrogen-bond donors (Lipinski definition) is 1. The highest BCUT2D eigenvalue weighted by Gasteiger charge is 2.15. The van der Waals surface area contributed by atoms with Gasteiger partial charge in [0.25, 0.3) is 0 Å². The Labute approximate surface area is 120 Å². The normalized spacial score (nSPS) is 11.3. The quantitative estimate of drug-likeness (QED) is 0.580. The van der Waals surface area contributed by atoms with Gasteiger partial charge in [0, 0.05) is 11.9 Å². The Bertz CT molecular complexity index is 810. The Morgan fingerprint density at radius 1 is 1.32 bits per heavy atom. The molecule has 0 radical (unpaired) electrons. The van der Waals surface area contributed by atoms with Crippen LogP contribution in [-0.2, 0) is 7.05 Å². The van der Waals surface area contributed by atoms with Crippen LogP contribution in [0.4, 0.5) is 0 Å². The zero-order chi connectivity index (χ0) is 13.6. The second-order valence-electron chi connectivity index (χ2n) is 4.35. The summed E-state index contributed by atoms with van der Waals surface area (Å²) in [5, 5.41) is 4.44. The molecule has 0 saturated carbocycles. The van der Waals surface area contributed by atoms with Crippen molar-refractivity contribution in [2.75, 3.05) is 6.26 Å². The van der Waals surface area contributed by atoms with Crippen molar-refractivity contribution in [1.82, 2.24) is 19.3 Å². The summed E-state index contributed by atoms with van der Waals surface area (Å²) in [5.74, 6) is 0. The van der Waals surface area contributed by atoms with E-state index in [0.29, 0.717) is 4.77 Å². The molecule has 3 aromatic rings. The first-order chi connectivity index (χ1) is 9.13. The van der Waals surface area contributed by atoms with Crippen LogP contribution in [0.1, 0.15) is 5.69 Å². The molecule has 0 aliphatic carbocycles. The summed E-state index contributed by atoms with van der Waals surface area (Å²) in [6.45, 7) is 1.98. The number of benzene rings is 1. The summed E-state index contributed by atoms with van der Waals surface area (Å²) >= 11 is 7.19. The molecule has 0 aliphatic heterocycles. The molecule has 98 valence electrons. The van der Waals surface area contributed by atoms with Crippen LogP contribution >= 0.6 is 24.0 Å². The van der Waals surface area contributed by atoms with E-state index in [4.69, 9.17) is 12.2 Å². The Hall–Kier alpha value is -1.53. The highest BCUT2D eigenvalue weighted by Crippen LogP contribution is 2.28. The molecule has 3 rings (SSSR count). The largest absolute Gasteiger partial charge is 0.327 e. The van der Waals surface area contributed by atoms with Crippen molar-refractivity contribution < 1.29 is 0 Å². The highest BCUT2D eigenvalue weighted by molar-refractivity contribution is 7.98. The van der Waals surface area contributed by atoms with E-state index in [0.717, 1.165) is 22.5 Å². The molecule has 2 heterocycles. The first-order valence-corrected chi connectivity index (χ1v) is 7.54. The average Bonchev–Trinajstić information content (AvgIpc) is 2.88. The fraction of sp³-hybridized carbons (Fsp3) is 0.231. The first kappa shape index (κ1) is 12.5. The van der Waals surface area contributed by atoms with E-state index in [1.807, 2.05) is 30.8 Å². The van der Waals surface area contributed by atoms with Gasteiger partial charge in [0.1, 0.15) is 5.52 Å². The second-order valence-corrected chi connectivity index (χ2v) is 5.58. The molecule has 1 N–H and O–H groups in total. The zero-order valence-electron chi connectivity index (χ0n) is 11.0. The number of imidazole rings is 1. The maximum Gasteiger partial charge on any atom is 0.184 e. The number of aromatic amines is 1. The molecule has 0 aliphatic rings. The number of aromatic nitrogens is 4. The van der Waals surface area contributed by atoms with E-state index in [2.05, 4.69) is 33.0 Å². The zero-order valence-corrected chi connectivity index (χ0v) is 12.6. The molecule has 19 heavy (non-hydrogen) atoms. The average molecular weight is 290 g/mol. The van der Waals surface area contributed by atoms with Crippen LogP contribution in [0.5, 0.6) is 0 Å². The molecule has 0 fully saturated rings. The number of aryl methyl sites for hydroxylation is 2. The van der Waals surface area contributed by atoms with Crippen LogP contribution in [0.25, 0.3) is 16.9 Å². The van der Waals surface area contributed by atoms with Gasteiger partial charge in [-0.15, -0.1) is 11.8 Å². The van der Waals surface area contributed by atoms with Crippen molar-refractivity contribution in [3.8, 4) is 5.69 Å². The van der Waals surface area contributed by atoms with E-state index in [-0.39, 0.29) is 0 Å². The first-order valence-electron chi connectivity index (χ1n) is 5.91. The molecule has 0 unspecified atom stereocenters. The minimum Gasteiger partial charge on any atom is -0.327 e. The molecule has 0 amide bonds. The van der Waals surface area contributed by atoms with Gasteiger partial charge < -0.3 is 4.98 Å². The highest BCUT2D eigenvalue weighted by atomic mass is 32.2. The SMILES string of the molecule is CSc1ccccc1-n1c(=S)[nH]c2c(C)nn(C)c21. The van der Waals surface area contributed by atoms with Crippen LogP contribution in [0.3, 0.4) is 0 Å². The Morgan fingerprint density at radius 2 is 2.05 bits per heavy atom. The van der Waals surface area contributed by atoms with Crippen molar-refractivity contribution in [2.45, 2.75) is 11.8 Å². The summed E-state index contributed by atoms with van der Waals surface area (Å²) in [4.78, 5) is 4.44. The maximum atomic E-state index is 5.47. The smallest absolute Gasteiger partial charge is 0.184 e. The summed E-state index contributed by atoms with van der Waals surface area (Å²) in [5.41, 5.74) is 4.06. The standard InChI is InChI=1S/C13H14N4S2/c1-8-11-12(16(2)15-8)17(13(18)14-11)9-6-4-5-7-10(9)19-3/h4-7H,1-3H3,(H,14,18). The predicted molar refractivity (Wildman–Crippen MR) is 81.7 cm³/mol. The summed E-state index contributed by atoms with van der Waals surface area (Å²) in [7, 11) is 1.94. The van der Waals surface area contributed by atoms with E-state index in [1.165, 1.54) is 4.90 Å². The van der Waals surface area contributed by atoms with Crippen LogP contribution in [0, 0.1) is 11.7 Å². The lowest BCUT2D eigenvalue weighted by Crippen LogP contribution is -2.01. The van der Waals surface area contributed by atoms with E-state index in [9.17, 15) is 0 Å². The fourth-order valence-electron chi connectivity index (χ4n) is 2.35. The summed E-state index contributed by atoms with van der Waals surface area (Å²) in [6, 6.07) is 8.25. The lowest BCUT2D eigenvalue weighted by molar-refractivity contribution is 0.758. The van der Waals surface area contributed by atoms with Crippen LogP contribution in [0.15, 0.2) is 29.2 Å². The molecule has 0 atom stereocenters. The maximum absolute atomic E-state index is 5.47. The van der Waals surface area contributed by atoms with Crippen molar-refractivity contribution in [3.05, 3.63) is 34.7 Å². The molecule has 4 nitrogen and oxygen atoms in total. The van der Waals surface area contributed by atoms with Gasteiger partial charge in [-0.3, -0.25) is 4.57 Å². The minimum absolute atomic E-state index is 0.701. The van der Waals surface area contributed by atoms with Gasteiger partial charge in [0.05, 0.1) is 11.4 Å². The molecule has 1 aromatic carbocycles. The van der Waals surface area contributed by atoms with E-state index < -0.39 is 0 Å². The van der Waals surface area contributed by atoms with Crippen molar-refractivity contribution >= 4 is 35.1 Å². The Balaban J connectivity index is 2.42. The van der Waals surface area contributed by atoms with Gasteiger partial charge in [0.2, 0.25) is 0 Å². The van der Waals surface area contributed by atoms with Crippen LogP contribution in [0.2, 0.25) is 0 Å². The third-order valence-corrected chi connectivity index (χ3v) is 4.23. The molecule has 0 bridgehead atoms. The van der Waals surface area contributed by atoms with Gasteiger partial charge in [0.15, 0.2) is 10.4 Å². The molecular formula is C13H14N4S2. The third kappa shape index (κ3) is 1.82. The number of nitrogens with one attached hydrogen (secondary N) is 1. The molecule has 6 heteroatoms. The van der Waals surface area contributed by atoms with Gasteiger partial charge in [-0.1, -0.05) is 12.1 Å². The van der Waals surface area contributed by atoms with E-state index in [1.54, 1.807) is 11.8 Å². The minimum atomic E-state index is 0.701. The molecule has 2 aromatic heterocycles. The van der Waals surface area contributed by atoms with Gasteiger partial charge in [-0.25, -0.2) is 4.68 Å². The van der Waals surface area contributed by atoms with Crippen molar-refractivity contribution in [3.63, 3.8) is 0 Å². The van der Waals surface area contributed by atoms with Gasteiger partial charge in [-0.2, -0.15) is 5.10 Å². The molecule has 0 spiro atoms. The number of hydrogen-bond acceptors (Lipinski definition) is 3.